The van der Waals surface area contributed by atoms with E-state index in [4.69, 9.17) is 5.11 Å². The Kier molecular flexibility index (Phi) is 4.90. The lowest BCUT2D eigenvalue weighted by atomic mass is 9.55. The highest BCUT2D eigenvalue weighted by Crippen LogP contribution is 2.59. The molecule has 2 saturated carbocycles. The van der Waals surface area contributed by atoms with Gasteiger partial charge in [-0.25, -0.2) is 0 Å². The van der Waals surface area contributed by atoms with Gasteiger partial charge < -0.3 is 10.2 Å². The number of carboxylic acid groups (broad SMARTS) is 1. The Morgan fingerprint density at radius 2 is 1.96 bits per heavy atom. The quantitative estimate of drug-likeness (QED) is 0.796. The van der Waals surface area contributed by atoms with E-state index in [0.29, 0.717) is 29.3 Å². The zero-order chi connectivity index (χ0) is 18.2. The number of hydrogen-bond acceptors (Lipinski definition) is 3. The Hall–Kier alpha value is -1.84. The molecule has 0 heterocycles. The largest absolute Gasteiger partial charge is 0.508 e. The summed E-state index contributed by atoms with van der Waals surface area (Å²) in [5.74, 6) is 2.04. The second-order valence-corrected chi connectivity index (χ2v) is 7.96. The molecular weight excluding hydrogens is 316 g/mol. The van der Waals surface area contributed by atoms with E-state index in [1.807, 2.05) is 12.1 Å². The van der Waals surface area contributed by atoms with Gasteiger partial charge in [-0.3, -0.25) is 9.59 Å². The van der Waals surface area contributed by atoms with Crippen LogP contribution in [-0.2, 0) is 16.0 Å². The van der Waals surface area contributed by atoms with Crippen molar-refractivity contribution >= 4 is 11.8 Å². The number of fused-ring (bicyclic) bond motifs is 5. The van der Waals surface area contributed by atoms with Gasteiger partial charge in [-0.1, -0.05) is 19.9 Å². The van der Waals surface area contributed by atoms with Crippen LogP contribution < -0.4 is 0 Å². The van der Waals surface area contributed by atoms with Gasteiger partial charge in [-0.2, -0.15) is 0 Å². The van der Waals surface area contributed by atoms with E-state index in [1.165, 1.54) is 17.5 Å². The average molecular weight is 344 g/mol. The predicted molar refractivity (Wildman–Crippen MR) is 95.7 cm³/mol. The van der Waals surface area contributed by atoms with E-state index in [0.717, 1.165) is 32.1 Å². The van der Waals surface area contributed by atoms with Crippen molar-refractivity contribution in [1.29, 1.82) is 0 Å². The number of carbonyl (C=O) groups is 2. The van der Waals surface area contributed by atoms with E-state index in [-0.39, 0.29) is 11.8 Å². The van der Waals surface area contributed by atoms with Crippen molar-refractivity contribution < 1.29 is 19.8 Å². The molecule has 0 saturated heterocycles. The van der Waals surface area contributed by atoms with Crippen molar-refractivity contribution in [2.75, 3.05) is 0 Å². The standard InChI is InChI=1S/C18H22O2.C3H6O2/c1-18-9-8-14-13-5-3-12(19)10-11(13)2-4-15(14)16(18)6-7-17(18)20;1-2-3(4)5/h3,5,10,14-16,19H,2,4,6-9H2,1H3;2H2,1H3,(H,4,5)/t14-,15-,16+,18+;/m1./s1. The molecule has 4 heteroatoms. The molecule has 0 aliphatic heterocycles. The Labute approximate surface area is 149 Å². The first kappa shape index (κ1) is 18.0. The minimum absolute atomic E-state index is 0.0322. The molecule has 0 spiro atoms. The van der Waals surface area contributed by atoms with Crippen molar-refractivity contribution in [3.05, 3.63) is 29.3 Å². The van der Waals surface area contributed by atoms with Crippen LogP contribution in [0.2, 0.25) is 0 Å². The highest BCUT2D eigenvalue weighted by molar-refractivity contribution is 5.87. The van der Waals surface area contributed by atoms with Gasteiger partial charge in [0, 0.05) is 18.3 Å². The van der Waals surface area contributed by atoms with Gasteiger partial charge in [0.15, 0.2) is 0 Å². The van der Waals surface area contributed by atoms with E-state index in [9.17, 15) is 14.7 Å². The second kappa shape index (κ2) is 6.81. The smallest absolute Gasteiger partial charge is 0.303 e. The lowest BCUT2D eigenvalue weighted by Gasteiger charge is -2.48. The van der Waals surface area contributed by atoms with Crippen LogP contribution in [-0.4, -0.2) is 22.0 Å². The summed E-state index contributed by atoms with van der Waals surface area (Å²) in [4.78, 5) is 21.6. The monoisotopic (exact) mass is 344 g/mol. The summed E-state index contributed by atoms with van der Waals surface area (Å²) in [5, 5.41) is 17.4. The SMILES string of the molecule is CCC(=O)O.C[C@]12CC[C@@H]3c4ccc(O)cc4CC[C@H]3[C@@H]1CCC2=O. The Bertz CT molecular complexity index is 680. The van der Waals surface area contributed by atoms with Crippen LogP contribution in [0.4, 0.5) is 0 Å². The first-order valence-corrected chi connectivity index (χ1v) is 9.43. The highest BCUT2D eigenvalue weighted by Gasteiger charge is 2.54. The molecule has 2 fully saturated rings. The van der Waals surface area contributed by atoms with Crippen molar-refractivity contribution in [1.82, 2.24) is 0 Å². The second-order valence-electron chi connectivity index (χ2n) is 7.96. The number of hydrogen-bond donors (Lipinski definition) is 2. The molecule has 0 unspecified atom stereocenters. The number of aryl methyl sites for hydroxylation is 1. The number of phenolic OH excluding ortho intramolecular Hbond substituents is 1. The molecule has 3 aliphatic rings. The van der Waals surface area contributed by atoms with Crippen molar-refractivity contribution in [3.8, 4) is 5.75 Å². The molecule has 25 heavy (non-hydrogen) atoms. The van der Waals surface area contributed by atoms with Gasteiger partial charge in [-0.15, -0.1) is 0 Å². The Balaban J connectivity index is 0.000000324. The van der Waals surface area contributed by atoms with Gasteiger partial charge in [-0.05, 0) is 73.1 Å². The molecule has 0 amide bonds. The van der Waals surface area contributed by atoms with Crippen LogP contribution in [0.1, 0.15) is 69.4 Å². The van der Waals surface area contributed by atoms with Crippen molar-refractivity contribution in [2.45, 2.75) is 64.7 Å². The van der Waals surface area contributed by atoms with E-state index in [1.54, 1.807) is 6.92 Å². The van der Waals surface area contributed by atoms with Crippen LogP contribution in [0.15, 0.2) is 18.2 Å². The molecule has 3 aliphatic carbocycles. The molecule has 4 nitrogen and oxygen atoms in total. The van der Waals surface area contributed by atoms with Gasteiger partial charge in [0.25, 0.3) is 0 Å². The number of phenols is 1. The van der Waals surface area contributed by atoms with Gasteiger partial charge in [0.05, 0.1) is 0 Å². The number of aromatic hydroxyl groups is 1. The number of ketones is 1. The number of aliphatic carboxylic acids is 1. The number of Topliss-reactive ketones (excluding diaryl/α,β-unsaturated/α-hetero) is 1. The Morgan fingerprint density at radius 3 is 2.64 bits per heavy atom. The lowest BCUT2D eigenvalue weighted by Crippen LogP contribution is -2.42. The van der Waals surface area contributed by atoms with Crippen LogP contribution in [0.25, 0.3) is 0 Å². The summed E-state index contributed by atoms with van der Waals surface area (Å²) < 4.78 is 0. The number of carboxylic acids is 1. The predicted octanol–water partition coefficient (Wildman–Crippen LogP) is 4.30. The van der Waals surface area contributed by atoms with Crippen LogP contribution in [0.3, 0.4) is 0 Å². The summed E-state index contributed by atoms with van der Waals surface area (Å²) in [6.45, 7) is 3.82. The topological polar surface area (TPSA) is 74.6 Å². The molecule has 4 rings (SSSR count). The van der Waals surface area contributed by atoms with E-state index >= 15 is 0 Å². The molecule has 2 N–H and O–H groups in total. The normalized spacial score (nSPS) is 32.7. The highest BCUT2D eigenvalue weighted by atomic mass is 16.4. The van der Waals surface area contributed by atoms with E-state index < -0.39 is 5.97 Å². The van der Waals surface area contributed by atoms with Gasteiger partial charge >= 0.3 is 5.97 Å². The third-order valence-corrected chi connectivity index (χ3v) is 6.72. The summed E-state index contributed by atoms with van der Waals surface area (Å²) in [6.07, 6.45) is 6.57. The van der Waals surface area contributed by atoms with Crippen LogP contribution >= 0.6 is 0 Å². The van der Waals surface area contributed by atoms with Crippen molar-refractivity contribution in [3.63, 3.8) is 0 Å². The lowest BCUT2D eigenvalue weighted by molar-refractivity contribution is -0.136. The summed E-state index contributed by atoms with van der Waals surface area (Å²) in [5.41, 5.74) is 2.75. The minimum Gasteiger partial charge on any atom is -0.508 e. The fourth-order valence-electron chi connectivity index (χ4n) is 5.34. The first-order chi connectivity index (χ1) is 11.9. The first-order valence-electron chi connectivity index (χ1n) is 9.43. The molecule has 0 bridgehead atoms. The van der Waals surface area contributed by atoms with Crippen LogP contribution in [0.5, 0.6) is 5.75 Å². The van der Waals surface area contributed by atoms with Gasteiger partial charge in [0.2, 0.25) is 0 Å². The maximum Gasteiger partial charge on any atom is 0.303 e. The maximum atomic E-state index is 12.3. The fourth-order valence-corrected chi connectivity index (χ4v) is 5.34. The van der Waals surface area contributed by atoms with E-state index in [2.05, 4.69) is 13.0 Å². The zero-order valence-corrected chi connectivity index (χ0v) is 15.1. The third kappa shape index (κ3) is 3.19. The number of benzene rings is 1. The summed E-state index contributed by atoms with van der Waals surface area (Å²) >= 11 is 0. The molecule has 1 aromatic carbocycles. The maximum absolute atomic E-state index is 12.3. The summed E-state index contributed by atoms with van der Waals surface area (Å²) in [6, 6.07) is 5.90. The fraction of sp³-hybridized carbons (Fsp3) is 0.619. The van der Waals surface area contributed by atoms with Crippen LogP contribution in [0, 0.1) is 17.3 Å². The number of rotatable bonds is 1. The van der Waals surface area contributed by atoms with Gasteiger partial charge in [0.1, 0.15) is 11.5 Å². The molecule has 1 aromatic rings. The Morgan fingerprint density at radius 1 is 1.24 bits per heavy atom. The average Bonchev–Trinajstić information content (AvgIpc) is 2.90. The van der Waals surface area contributed by atoms with Crippen molar-refractivity contribution in [2.24, 2.45) is 17.3 Å². The third-order valence-electron chi connectivity index (χ3n) is 6.72. The molecule has 0 radical (unpaired) electrons. The zero-order valence-electron chi connectivity index (χ0n) is 15.1. The molecule has 4 atom stereocenters. The minimum atomic E-state index is -0.745. The number of carbonyl (C=O) groups excluding carboxylic acids is 1. The summed E-state index contributed by atoms with van der Waals surface area (Å²) in [7, 11) is 0. The molecular formula is C21H28O4. The molecule has 0 aromatic heterocycles. The molecule has 136 valence electrons.